The molecular weight excluding hydrogens is 216 g/mol. The van der Waals surface area contributed by atoms with Gasteiger partial charge in [0.15, 0.2) is 0 Å². The Morgan fingerprint density at radius 1 is 1.50 bits per heavy atom. The molecule has 0 aromatic carbocycles. The first kappa shape index (κ1) is 12.6. The Balaban J connectivity index is 2.64. The minimum absolute atomic E-state index is 0.354. The van der Waals surface area contributed by atoms with Gasteiger partial charge in [0.05, 0.1) is 13.1 Å². The molecule has 0 aliphatic carbocycles. The van der Waals surface area contributed by atoms with Crippen molar-refractivity contribution in [3.63, 3.8) is 0 Å². The summed E-state index contributed by atoms with van der Waals surface area (Å²) in [5.74, 6) is -2.11. The fourth-order valence-corrected chi connectivity index (χ4v) is 0.954. The normalized spacial score (nSPS) is 11.3. The second-order valence-corrected chi connectivity index (χ2v) is 3.55. The second kappa shape index (κ2) is 5.02. The number of rotatable bonds is 5. The maximum absolute atomic E-state index is 12.9. The maximum atomic E-state index is 12.9. The monoisotopic (exact) mass is 231 g/mol. The molecule has 1 aromatic heterocycles. The third kappa shape index (κ3) is 3.58. The van der Waals surface area contributed by atoms with Crippen molar-refractivity contribution in [1.82, 2.24) is 9.97 Å². The van der Waals surface area contributed by atoms with Gasteiger partial charge in [0.1, 0.15) is 5.82 Å². The van der Waals surface area contributed by atoms with E-state index in [9.17, 15) is 8.78 Å². The standard InChI is InChI=1S/C9H15F2N5/c1-16(2)8-13-4-3-7(15-8)14-6-9(10,11)5-12/h3-4H,5-6,12H2,1-2H3,(H,13,14,15). The highest BCUT2D eigenvalue weighted by molar-refractivity contribution is 5.40. The van der Waals surface area contributed by atoms with Gasteiger partial charge in [-0.25, -0.2) is 13.8 Å². The van der Waals surface area contributed by atoms with E-state index >= 15 is 0 Å². The molecule has 1 heterocycles. The van der Waals surface area contributed by atoms with E-state index in [1.165, 1.54) is 12.3 Å². The molecule has 0 saturated carbocycles. The van der Waals surface area contributed by atoms with Crippen LogP contribution in [0.1, 0.15) is 0 Å². The minimum atomic E-state index is -2.93. The Labute approximate surface area is 92.7 Å². The van der Waals surface area contributed by atoms with E-state index in [4.69, 9.17) is 5.73 Å². The molecule has 16 heavy (non-hydrogen) atoms. The van der Waals surface area contributed by atoms with Gasteiger partial charge in [-0.15, -0.1) is 0 Å². The summed E-state index contributed by atoms with van der Waals surface area (Å²) < 4.78 is 25.7. The molecule has 0 saturated heterocycles. The van der Waals surface area contributed by atoms with Crippen LogP contribution in [0.3, 0.4) is 0 Å². The molecule has 3 N–H and O–H groups in total. The van der Waals surface area contributed by atoms with Crippen LogP contribution in [0.15, 0.2) is 12.3 Å². The van der Waals surface area contributed by atoms with Crippen LogP contribution in [-0.4, -0.2) is 43.1 Å². The Hall–Kier alpha value is -1.50. The molecule has 0 radical (unpaired) electrons. The molecular formula is C9H15F2N5. The van der Waals surface area contributed by atoms with Crippen LogP contribution in [0.4, 0.5) is 20.5 Å². The minimum Gasteiger partial charge on any atom is -0.364 e. The summed E-state index contributed by atoms with van der Waals surface area (Å²) in [6, 6.07) is 1.53. The van der Waals surface area contributed by atoms with Crippen molar-refractivity contribution in [3.8, 4) is 0 Å². The van der Waals surface area contributed by atoms with Crippen molar-refractivity contribution in [2.75, 3.05) is 37.4 Å². The highest BCUT2D eigenvalue weighted by Gasteiger charge is 2.26. The molecule has 0 aliphatic heterocycles. The summed E-state index contributed by atoms with van der Waals surface area (Å²) in [5.41, 5.74) is 4.92. The van der Waals surface area contributed by atoms with Gasteiger partial charge in [-0.1, -0.05) is 0 Å². The van der Waals surface area contributed by atoms with Crippen molar-refractivity contribution in [3.05, 3.63) is 12.3 Å². The van der Waals surface area contributed by atoms with E-state index in [1.807, 2.05) is 0 Å². The lowest BCUT2D eigenvalue weighted by Crippen LogP contribution is -2.35. The highest BCUT2D eigenvalue weighted by atomic mass is 19.3. The van der Waals surface area contributed by atoms with Crippen LogP contribution in [-0.2, 0) is 0 Å². The van der Waals surface area contributed by atoms with Gasteiger partial charge >= 0.3 is 0 Å². The Morgan fingerprint density at radius 2 is 2.19 bits per heavy atom. The Kier molecular flexibility index (Phi) is 3.94. The number of nitrogens with zero attached hydrogens (tertiary/aromatic N) is 3. The van der Waals surface area contributed by atoms with Crippen molar-refractivity contribution in [2.45, 2.75) is 5.92 Å². The lowest BCUT2D eigenvalue weighted by molar-refractivity contribution is 0.0253. The van der Waals surface area contributed by atoms with Crippen LogP contribution in [0, 0.1) is 0 Å². The molecule has 7 heteroatoms. The van der Waals surface area contributed by atoms with E-state index in [1.54, 1.807) is 19.0 Å². The van der Waals surface area contributed by atoms with E-state index in [2.05, 4.69) is 15.3 Å². The molecule has 1 rings (SSSR count). The lowest BCUT2D eigenvalue weighted by Gasteiger charge is -2.16. The van der Waals surface area contributed by atoms with Gasteiger partial charge < -0.3 is 16.0 Å². The van der Waals surface area contributed by atoms with Gasteiger partial charge in [0.2, 0.25) is 5.95 Å². The van der Waals surface area contributed by atoms with Crippen LogP contribution >= 0.6 is 0 Å². The molecule has 0 fully saturated rings. The molecule has 0 aliphatic rings. The van der Waals surface area contributed by atoms with Gasteiger partial charge in [0.25, 0.3) is 5.92 Å². The summed E-state index contributed by atoms with van der Waals surface area (Å²) in [6.07, 6.45) is 1.51. The summed E-state index contributed by atoms with van der Waals surface area (Å²) in [7, 11) is 3.54. The van der Waals surface area contributed by atoms with Crippen molar-refractivity contribution in [1.29, 1.82) is 0 Å². The molecule has 0 atom stereocenters. The number of hydrogen-bond donors (Lipinski definition) is 2. The van der Waals surface area contributed by atoms with Crippen LogP contribution in [0.25, 0.3) is 0 Å². The fraction of sp³-hybridized carbons (Fsp3) is 0.556. The molecule has 0 amide bonds. The SMILES string of the molecule is CN(C)c1nccc(NCC(F)(F)CN)n1. The summed E-state index contributed by atoms with van der Waals surface area (Å²) >= 11 is 0. The first-order chi connectivity index (χ1) is 7.44. The molecule has 0 unspecified atom stereocenters. The summed E-state index contributed by atoms with van der Waals surface area (Å²) in [5, 5.41) is 2.52. The van der Waals surface area contributed by atoms with Gasteiger partial charge in [-0.3, -0.25) is 0 Å². The number of alkyl halides is 2. The van der Waals surface area contributed by atoms with Crippen molar-refractivity contribution in [2.24, 2.45) is 5.73 Å². The first-order valence-corrected chi connectivity index (χ1v) is 4.77. The number of hydrogen-bond acceptors (Lipinski definition) is 5. The topological polar surface area (TPSA) is 67.1 Å². The third-order valence-corrected chi connectivity index (χ3v) is 1.87. The first-order valence-electron chi connectivity index (χ1n) is 4.77. The average Bonchev–Trinajstić information content (AvgIpc) is 2.27. The van der Waals surface area contributed by atoms with E-state index < -0.39 is 19.0 Å². The highest BCUT2D eigenvalue weighted by Crippen LogP contribution is 2.13. The zero-order valence-electron chi connectivity index (χ0n) is 9.24. The molecule has 0 spiro atoms. The van der Waals surface area contributed by atoms with Crippen LogP contribution in [0.5, 0.6) is 0 Å². The third-order valence-electron chi connectivity index (χ3n) is 1.87. The molecule has 90 valence electrons. The lowest BCUT2D eigenvalue weighted by atomic mass is 10.3. The predicted octanol–water partition coefficient (Wildman–Crippen LogP) is 0.548. The number of nitrogens with one attached hydrogen (secondary N) is 1. The van der Waals surface area contributed by atoms with Crippen molar-refractivity contribution < 1.29 is 8.78 Å². The van der Waals surface area contributed by atoms with Crippen LogP contribution < -0.4 is 16.0 Å². The fourth-order valence-electron chi connectivity index (χ4n) is 0.954. The van der Waals surface area contributed by atoms with Crippen molar-refractivity contribution >= 4 is 11.8 Å². The van der Waals surface area contributed by atoms with Gasteiger partial charge in [0, 0.05) is 20.3 Å². The molecule has 5 nitrogen and oxygen atoms in total. The van der Waals surface area contributed by atoms with E-state index in [0.29, 0.717) is 11.8 Å². The average molecular weight is 231 g/mol. The molecule has 0 bridgehead atoms. The maximum Gasteiger partial charge on any atom is 0.276 e. The number of aromatic nitrogens is 2. The Bertz CT molecular complexity index is 342. The zero-order chi connectivity index (χ0) is 12.2. The van der Waals surface area contributed by atoms with Crippen LogP contribution in [0.2, 0.25) is 0 Å². The van der Waals surface area contributed by atoms with Gasteiger partial charge in [-0.05, 0) is 6.07 Å². The largest absolute Gasteiger partial charge is 0.364 e. The summed E-state index contributed by atoms with van der Waals surface area (Å²) in [4.78, 5) is 9.69. The Morgan fingerprint density at radius 3 is 2.75 bits per heavy atom. The molecule has 1 aromatic rings. The van der Waals surface area contributed by atoms with E-state index in [-0.39, 0.29) is 0 Å². The zero-order valence-corrected chi connectivity index (χ0v) is 9.24. The smallest absolute Gasteiger partial charge is 0.276 e. The number of nitrogens with two attached hydrogens (primary N) is 1. The quantitative estimate of drug-likeness (QED) is 0.774. The second-order valence-electron chi connectivity index (χ2n) is 3.55. The summed E-state index contributed by atoms with van der Waals surface area (Å²) in [6.45, 7) is -1.22. The number of anilines is 2. The predicted molar refractivity (Wildman–Crippen MR) is 58.9 cm³/mol. The van der Waals surface area contributed by atoms with Gasteiger partial charge in [-0.2, -0.15) is 4.98 Å². The number of halogens is 2. The van der Waals surface area contributed by atoms with E-state index in [0.717, 1.165) is 0 Å².